The zero-order valence-corrected chi connectivity index (χ0v) is 15.8. The first kappa shape index (κ1) is 18.7. The van der Waals surface area contributed by atoms with Crippen molar-refractivity contribution in [1.29, 1.82) is 0 Å². The van der Waals surface area contributed by atoms with Crippen molar-refractivity contribution >= 4 is 17.8 Å². The number of hydrogen-bond donors (Lipinski definition) is 1. The lowest BCUT2D eigenvalue weighted by Crippen LogP contribution is -2.57. The average Bonchev–Trinajstić information content (AvgIpc) is 3.33. The quantitative estimate of drug-likeness (QED) is 0.766. The third kappa shape index (κ3) is 3.56. The monoisotopic (exact) mass is 387 g/mol. The number of para-hydroxylation sites is 1. The fourth-order valence-corrected chi connectivity index (χ4v) is 4.07. The number of carbonyl (C=O) groups is 3. The topological polar surface area (TPSA) is 88.2 Å². The van der Waals surface area contributed by atoms with Crippen LogP contribution in [0.1, 0.15) is 25.7 Å². The molecule has 1 atom stereocenters. The second-order valence-corrected chi connectivity index (χ2v) is 7.46. The number of piperidine rings is 1. The first-order valence-corrected chi connectivity index (χ1v) is 9.81. The Labute approximate surface area is 163 Å². The number of urea groups is 1. The van der Waals surface area contributed by atoms with Gasteiger partial charge in [0, 0.05) is 19.7 Å². The third-order valence-corrected chi connectivity index (χ3v) is 5.71. The Bertz CT molecular complexity index is 739. The lowest BCUT2D eigenvalue weighted by atomic mass is 9.87. The molecule has 3 saturated heterocycles. The molecule has 150 valence electrons. The molecular formula is C20H25N3O5. The Morgan fingerprint density at radius 3 is 2.64 bits per heavy atom. The molecule has 8 nitrogen and oxygen atoms in total. The van der Waals surface area contributed by atoms with Crippen molar-refractivity contribution in [3.63, 3.8) is 0 Å². The summed E-state index contributed by atoms with van der Waals surface area (Å²) >= 11 is 0. The molecule has 3 aliphatic heterocycles. The molecule has 0 radical (unpaired) electrons. The van der Waals surface area contributed by atoms with E-state index in [0.717, 1.165) is 12.8 Å². The van der Waals surface area contributed by atoms with E-state index in [-0.39, 0.29) is 37.1 Å². The van der Waals surface area contributed by atoms with Gasteiger partial charge in [-0.1, -0.05) is 18.2 Å². The summed E-state index contributed by atoms with van der Waals surface area (Å²) in [4.78, 5) is 40.8. The van der Waals surface area contributed by atoms with Crippen molar-refractivity contribution in [3.05, 3.63) is 30.3 Å². The normalized spacial score (nSPS) is 23.9. The molecule has 1 N–H and O–H groups in total. The number of likely N-dealkylation sites (tertiary alicyclic amines) is 1. The summed E-state index contributed by atoms with van der Waals surface area (Å²) in [5.41, 5.74) is -0.906. The smallest absolute Gasteiger partial charge is 0.325 e. The van der Waals surface area contributed by atoms with Crippen LogP contribution in [0.4, 0.5) is 4.79 Å². The van der Waals surface area contributed by atoms with Crippen molar-refractivity contribution in [2.24, 2.45) is 0 Å². The molecule has 1 spiro atoms. The minimum atomic E-state index is -0.906. The number of rotatable bonds is 5. The van der Waals surface area contributed by atoms with Crippen molar-refractivity contribution in [1.82, 2.24) is 15.1 Å². The largest absolute Gasteiger partial charge is 0.492 e. The molecule has 28 heavy (non-hydrogen) atoms. The van der Waals surface area contributed by atoms with E-state index in [0.29, 0.717) is 38.3 Å². The van der Waals surface area contributed by atoms with Gasteiger partial charge in [-0.2, -0.15) is 0 Å². The molecule has 0 saturated carbocycles. The average molecular weight is 387 g/mol. The summed E-state index contributed by atoms with van der Waals surface area (Å²) in [7, 11) is 0. The van der Waals surface area contributed by atoms with Crippen LogP contribution in [0.5, 0.6) is 5.75 Å². The molecule has 1 aromatic carbocycles. The number of carbonyl (C=O) groups excluding carboxylic acids is 3. The Hall–Kier alpha value is -2.61. The van der Waals surface area contributed by atoms with Gasteiger partial charge < -0.3 is 19.7 Å². The highest BCUT2D eigenvalue weighted by Gasteiger charge is 2.52. The summed E-state index contributed by atoms with van der Waals surface area (Å²) in [6.07, 6.45) is 2.15. The number of hydrogen-bond acceptors (Lipinski definition) is 5. The maximum atomic E-state index is 12.9. The predicted octanol–water partition coefficient (Wildman–Crippen LogP) is 1.16. The number of benzene rings is 1. The van der Waals surface area contributed by atoms with Gasteiger partial charge in [0.2, 0.25) is 0 Å². The van der Waals surface area contributed by atoms with Crippen LogP contribution >= 0.6 is 0 Å². The van der Waals surface area contributed by atoms with Gasteiger partial charge in [-0.05, 0) is 37.8 Å². The van der Waals surface area contributed by atoms with Crippen molar-refractivity contribution < 1.29 is 23.9 Å². The zero-order chi connectivity index (χ0) is 19.6. The molecule has 3 aliphatic rings. The molecular weight excluding hydrogens is 362 g/mol. The van der Waals surface area contributed by atoms with Gasteiger partial charge in [0.25, 0.3) is 11.8 Å². The van der Waals surface area contributed by atoms with E-state index in [4.69, 9.17) is 9.47 Å². The summed E-state index contributed by atoms with van der Waals surface area (Å²) in [5.74, 6) is 0.473. The Morgan fingerprint density at radius 2 is 1.96 bits per heavy atom. The SMILES string of the molecule is O=C([C@@H]1CCCO1)N1CCC2(CC1)NC(=O)N(CCOc1ccccc1)C2=O. The zero-order valence-electron chi connectivity index (χ0n) is 15.8. The van der Waals surface area contributed by atoms with Crippen LogP contribution in [0.2, 0.25) is 0 Å². The summed E-state index contributed by atoms with van der Waals surface area (Å²) in [6.45, 7) is 1.95. The minimum absolute atomic E-state index is 0.00256. The molecule has 0 aromatic heterocycles. The summed E-state index contributed by atoms with van der Waals surface area (Å²) in [5, 5.41) is 2.86. The second kappa shape index (κ2) is 7.79. The fourth-order valence-electron chi connectivity index (χ4n) is 4.07. The number of imide groups is 1. The molecule has 0 bridgehead atoms. The summed E-state index contributed by atoms with van der Waals surface area (Å²) in [6, 6.07) is 8.89. The van der Waals surface area contributed by atoms with Gasteiger partial charge in [0.05, 0.1) is 6.54 Å². The van der Waals surface area contributed by atoms with Gasteiger partial charge in [-0.15, -0.1) is 0 Å². The van der Waals surface area contributed by atoms with Gasteiger partial charge in [-0.25, -0.2) is 4.79 Å². The van der Waals surface area contributed by atoms with E-state index in [1.807, 2.05) is 30.3 Å². The van der Waals surface area contributed by atoms with Crippen LogP contribution in [-0.4, -0.2) is 72.1 Å². The second-order valence-electron chi connectivity index (χ2n) is 7.46. The molecule has 1 aromatic rings. The van der Waals surface area contributed by atoms with Crippen molar-refractivity contribution in [2.45, 2.75) is 37.3 Å². The lowest BCUT2D eigenvalue weighted by Gasteiger charge is -2.38. The molecule has 3 heterocycles. The molecule has 3 fully saturated rings. The molecule has 0 unspecified atom stereocenters. The number of amides is 4. The minimum Gasteiger partial charge on any atom is -0.492 e. The number of nitrogens with one attached hydrogen (secondary N) is 1. The van der Waals surface area contributed by atoms with E-state index in [1.54, 1.807) is 4.90 Å². The van der Waals surface area contributed by atoms with E-state index < -0.39 is 5.54 Å². The standard InChI is InChI=1S/C20H25N3O5/c24-17(16-7-4-13-28-16)22-10-8-20(9-11-22)18(25)23(19(26)21-20)12-14-27-15-5-2-1-3-6-15/h1-3,5-6,16H,4,7-14H2,(H,21,26)/t16-/m0/s1. The van der Waals surface area contributed by atoms with Gasteiger partial charge >= 0.3 is 6.03 Å². The van der Waals surface area contributed by atoms with Crippen LogP contribution in [-0.2, 0) is 14.3 Å². The fraction of sp³-hybridized carbons (Fsp3) is 0.550. The van der Waals surface area contributed by atoms with Crippen molar-refractivity contribution in [3.8, 4) is 5.75 Å². The van der Waals surface area contributed by atoms with E-state index in [9.17, 15) is 14.4 Å². The third-order valence-electron chi connectivity index (χ3n) is 5.71. The summed E-state index contributed by atoms with van der Waals surface area (Å²) < 4.78 is 11.1. The van der Waals surface area contributed by atoms with E-state index >= 15 is 0 Å². The Morgan fingerprint density at radius 1 is 1.21 bits per heavy atom. The maximum absolute atomic E-state index is 12.9. The van der Waals surface area contributed by atoms with Crippen LogP contribution in [0.3, 0.4) is 0 Å². The van der Waals surface area contributed by atoms with Crippen molar-refractivity contribution in [2.75, 3.05) is 32.8 Å². The highest BCUT2D eigenvalue weighted by Crippen LogP contribution is 2.30. The van der Waals surface area contributed by atoms with Gasteiger partial charge in [0.15, 0.2) is 0 Å². The van der Waals surface area contributed by atoms with Crippen LogP contribution in [0.15, 0.2) is 30.3 Å². The van der Waals surface area contributed by atoms with Crippen LogP contribution in [0, 0.1) is 0 Å². The first-order chi connectivity index (χ1) is 13.6. The molecule has 4 rings (SSSR count). The highest BCUT2D eigenvalue weighted by molar-refractivity contribution is 6.07. The first-order valence-electron chi connectivity index (χ1n) is 9.81. The molecule has 4 amide bonds. The Balaban J connectivity index is 1.31. The van der Waals surface area contributed by atoms with Gasteiger partial charge in [-0.3, -0.25) is 14.5 Å². The lowest BCUT2D eigenvalue weighted by molar-refractivity contribution is -0.145. The number of ether oxygens (including phenoxy) is 2. The molecule has 0 aliphatic carbocycles. The van der Waals surface area contributed by atoms with Crippen LogP contribution < -0.4 is 10.1 Å². The van der Waals surface area contributed by atoms with E-state index in [1.165, 1.54) is 4.90 Å². The van der Waals surface area contributed by atoms with Crippen LogP contribution in [0.25, 0.3) is 0 Å². The predicted molar refractivity (Wildman–Crippen MR) is 99.7 cm³/mol. The Kier molecular flexibility index (Phi) is 5.21. The van der Waals surface area contributed by atoms with Gasteiger partial charge in [0.1, 0.15) is 24.0 Å². The number of nitrogens with zero attached hydrogens (tertiary/aromatic N) is 2. The maximum Gasteiger partial charge on any atom is 0.325 e. The van der Waals surface area contributed by atoms with E-state index in [2.05, 4.69) is 5.32 Å². The molecule has 8 heteroatoms. The highest BCUT2D eigenvalue weighted by atomic mass is 16.5.